The lowest BCUT2D eigenvalue weighted by molar-refractivity contribution is -0.0163. The molecule has 0 aliphatic heterocycles. The highest BCUT2D eigenvalue weighted by atomic mass is 19.3. The average molecular weight is 163 g/mol. The molecule has 1 aliphatic carbocycles. The van der Waals surface area contributed by atoms with Gasteiger partial charge in [-0.25, -0.2) is 8.78 Å². The molecule has 0 heterocycles. The molecule has 1 nitrogen and oxygen atoms in total. The van der Waals surface area contributed by atoms with Crippen LogP contribution in [0.1, 0.15) is 32.6 Å². The maximum atomic E-state index is 12.5. The topological polar surface area (TPSA) is 26.0 Å². The molecular weight excluding hydrogens is 148 g/mol. The molecule has 0 aromatic carbocycles. The molecule has 66 valence electrons. The molecule has 0 radical (unpaired) electrons. The van der Waals surface area contributed by atoms with Crippen molar-refractivity contribution in [2.24, 2.45) is 11.7 Å². The molecule has 1 fully saturated rings. The van der Waals surface area contributed by atoms with E-state index in [2.05, 4.69) is 0 Å². The molecule has 1 atom stereocenters. The first-order valence-corrected chi connectivity index (χ1v) is 4.13. The van der Waals surface area contributed by atoms with Crippen LogP contribution in [0.3, 0.4) is 0 Å². The molecule has 2 N–H and O–H groups in total. The molecule has 11 heavy (non-hydrogen) atoms. The fourth-order valence-corrected chi connectivity index (χ4v) is 1.29. The normalized spacial score (nSPS) is 22.9. The van der Waals surface area contributed by atoms with Gasteiger partial charge in [0.1, 0.15) is 0 Å². The van der Waals surface area contributed by atoms with Crippen LogP contribution in [0, 0.1) is 5.92 Å². The predicted molar refractivity (Wildman–Crippen MR) is 40.6 cm³/mol. The molecular formula is C8H15F2N. The van der Waals surface area contributed by atoms with Crippen molar-refractivity contribution >= 4 is 0 Å². The van der Waals surface area contributed by atoms with E-state index in [1.807, 2.05) is 0 Å². The maximum Gasteiger partial charge on any atom is 0.260 e. The van der Waals surface area contributed by atoms with Crippen LogP contribution in [-0.4, -0.2) is 12.0 Å². The molecule has 0 aromatic rings. The summed E-state index contributed by atoms with van der Waals surface area (Å²) in [6.45, 7) is 0.899. The lowest BCUT2D eigenvalue weighted by atomic mass is 9.80. The third-order valence-electron chi connectivity index (χ3n) is 2.46. The number of rotatable bonds is 3. The zero-order chi connectivity index (χ0) is 8.48. The predicted octanol–water partition coefficient (Wildman–Crippen LogP) is 2.16. The van der Waals surface area contributed by atoms with E-state index in [9.17, 15) is 8.78 Å². The smallest absolute Gasteiger partial charge is 0.260 e. The summed E-state index contributed by atoms with van der Waals surface area (Å²) in [5.74, 6) is -2.23. The number of alkyl halides is 2. The van der Waals surface area contributed by atoms with Crippen molar-refractivity contribution in [2.45, 2.75) is 44.6 Å². The van der Waals surface area contributed by atoms with E-state index in [1.165, 1.54) is 6.42 Å². The Balaban J connectivity index is 2.24. The Hall–Kier alpha value is -0.180. The molecule has 0 bridgehead atoms. The minimum Gasteiger partial charge on any atom is -0.323 e. The molecule has 1 unspecified atom stereocenters. The van der Waals surface area contributed by atoms with Crippen LogP contribution in [0.15, 0.2) is 0 Å². The summed E-state index contributed by atoms with van der Waals surface area (Å²) < 4.78 is 25.0. The van der Waals surface area contributed by atoms with Crippen molar-refractivity contribution in [3.8, 4) is 0 Å². The second-order valence-electron chi connectivity index (χ2n) is 3.60. The van der Waals surface area contributed by atoms with Crippen LogP contribution < -0.4 is 5.73 Å². The molecule has 1 aliphatic rings. The summed E-state index contributed by atoms with van der Waals surface area (Å²) >= 11 is 0. The Morgan fingerprint density at radius 2 is 2.09 bits per heavy atom. The van der Waals surface area contributed by atoms with Gasteiger partial charge >= 0.3 is 0 Å². The van der Waals surface area contributed by atoms with Gasteiger partial charge < -0.3 is 5.73 Å². The highest BCUT2D eigenvalue weighted by Gasteiger charge is 2.33. The fraction of sp³-hybridized carbons (Fsp3) is 1.00. The lowest BCUT2D eigenvalue weighted by Crippen LogP contribution is -2.40. The van der Waals surface area contributed by atoms with Crippen LogP contribution >= 0.6 is 0 Å². The van der Waals surface area contributed by atoms with E-state index in [-0.39, 0.29) is 0 Å². The fourth-order valence-electron chi connectivity index (χ4n) is 1.29. The largest absolute Gasteiger partial charge is 0.323 e. The molecule has 0 aromatic heterocycles. The van der Waals surface area contributed by atoms with Gasteiger partial charge in [0.15, 0.2) is 0 Å². The van der Waals surface area contributed by atoms with E-state index >= 15 is 0 Å². The van der Waals surface area contributed by atoms with Gasteiger partial charge in [0.05, 0.1) is 6.04 Å². The second-order valence-corrected chi connectivity index (χ2v) is 3.60. The average Bonchev–Trinajstić information content (AvgIpc) is 1.75. The van der Waals surface area contributed by atoms with Crippen LogP contribution in [-0.2, 0) is 0 Å². The summed E-state index contributed by atoms with van der Waals surface area (Å²) in [6.07, 6.45) is 3.85. The van der Waals surface area contributed by atoms with Gasteiger partial charge in [0.25, 0.3) is 5.92 Å². The Morgan fingerprint density at radius 3 is 2.36 bits per heavy atom. The van der Waals surface area contributed by atoms with E-state index in [0.717, 1.165) is 19.8 Å². The van der Waals surface area contributed by atoms with E-state index in [4.69, 9.17) is 5.73 Å². The van der Waals surface area contributed by atoms with Crippen molar-refractivity contribution in [2.75, 3.05) is 0 Å². The monoisotopic (exact) mass is 163 g/mol. The molecule has 1 saturated carbocycles. The number of hydrogen-bond donors (Lipinski definition) is 1. The molecule has 0 saturated heterocycles. The van der Waals surface area contributed by atoms with Crippen molar-refractivity contribution in [1.82, 2.24) is 0 Å². The van der Waals surface area contributed by atoms with Gasteiger partial charge in [-0.05, 0) is 12.3 Å². The van der Waals surface area contributed by atoms with Gasteiger partial charge in [-0.3, -0.25) is 0 Å². The van der Waals surface area contributed by atoms with Crippen molar-refractivity contribution in [3.63, 3.8) is 0 Å². The Labute approximate surface area is 66.0 Å². The van der Waals surface area contributed by atoms with Gasteiger partial charge in [-0.15, -0.1) is 0 Å². The highest BCUT2D eigenvalue weighted by Crippen LogP contribution is 2.33. The third-order valence-corrected chi connectivity index (χ3v) is 2.46. The van der Waals surface area contributed by atoms with Crippen molar-refractivity contribution in [1.29, 1.82) is 0 Å². The van der Waals surface area contributed by atoms with Gasteiger partial charge in [-0.2, -0.15) is 0 Å². The molecule has 1 rings (SSSR count). The lowest BCUT2D eigenvalue weighted by Gasteiger charge is -2.30. The van der Waals surface area contributed by atoms with Crippen LogP contribution in [0.5, 0.6) is 0 Å². The second kappa shape index (κ2) is 3.05. The summed E-state index contributed by atoms with van der Waals surface area (Å²) in [5.41, 5.74) is 5.31. The third kappa shape index (κ3) is 2.40. The first kappa shape index (κ1) is 8.91. The maximum absolute atomic E-state index is 12.5. The Bertz CT molecular complexity index is 127. The first-order valence-electron chi connectivity index (χ1n) is 4.13. The van der Waals surface area contributed by atoms with Crippen LogP contribution in [0.25, 0.3) is 0 Å². The van der Waals surface area contributed by atoms with Gasteiger partial charge in [0, 0.05) is 6.92 Å². The van der Waals surface area contributed by atoms with E-state index in [0.29, 0.717) is 12.3 Å². The van der Waals surface area contributed by atoms with Gasteiger partial charge in [0.2, 0.25) is 0 Å². The van der Waals surface area contributed by atoms with Gasteiger partial charge in [-0.1, -0.05) is 19.3 Å². The number of hydrogen-bond acceptors (Lipinski definition) is 1. The van der Waals surface area contributed by atoms with E-state index in [1.54, 1.807) is 0 Å². The molecule has 0 spiro atoms. The first-order chi connectivity index (χ1) is 5.00. The van der Waals surface area contributed by atoms with Crippen LogP contribution in [0.2, 0.25) is 0 Å². The standard InChI is InChI=1S/C8H15F2N/c1-8(9,10)7(11)5-6-3-2-4-6/h6-7H,2-5,11H2,1H3. The molecule has 0 amide bonds. The summed E-state index contributed by atoms with van der Waals surface area (Å²) in [4.78, 5) is 0. The Kier molecular flexibility index (Phi) is 2.47. The highest BCUT2D eigenvalue weighted by molar-refractivity contribution is 4.81. The SMILES string of the molecule is CC(F)(F)C(N)CC1CCC1. The van der Waals surface area contributed by atoms with Crippen molar-refractivity contribution in [3.05, 3.63) is 0 Å². The summed E-state index contributed by atoms with van der Waals surface area (Å²) in [6, 6.07) is -0.937. The summed E-state index contributed by atoms with van der Waals surface area (Å²) in [5, 5.41) is 0. The number of nitrogens with two attached hydrogens (primary N) is 1. The zero-order valence-corrected chi connectivity index (χ0v) is 6.82. The summed E-state index contributed by atoms with van der Waals surface area (Å²) in [7, 11) is 0. The minimum absolute atomic E-state index is 0.468. The van der Waals surface area contributed by atoms with Crippen LogP contribution in [0.4, 0.5) is 8.78 Å². The quantitative estimate of drug-likeness (QED) is 0.677. The van der Waals surface area contributed by atoms with Crippen molar-refractivity contribution < 1.29 is 8.78 Å². The zero-order valence-electron chi connectivity index (χ0n) is 6.82. The number of halogens is 2. The minimum atomic E-state index is -2.70. The Morgan fingerprint density at radius 1 is 1.55 bits per heavy atom. The van der Waals surface area contributed by atoms with E-state index < -0.39 is 12.0 Å². The molecule has 3 heteroatoms.